The van der Waals surface area contributed by atoms with Crippen molar-refractivity contribution in [2.75, 3.05) is 13.7 Å². The molecular weight excluding hydrogens is 238 g/mol. The monoisotopic (exact) mass is 261 g/mol. The van der Waals surface area contributed by atoms with Gasteiger partial charge in [-0.1, -0.05) is 13.3 Å². The molecule has 3 nitrogen and oxygen atoms in total. The van der Waals surface area contributed by atoms with E-state index in [-0.39, 0.29) is 5.54 Å². The lowest BCUT2D eigenvalue weighted by Gasteiger charge is -2.11. The van der Waals surface area contributed by atoms with Crippen LogP contribution < -0.4 is 4.74 Å². The molecule has 0 unspecified atom stereocenters. The lowest BCUT2D eigenvalue weighted by Crippen LogP contribution is -2.17. The van der Waals surface area contributed by atoms with Crippen LogP contribution in [0, 0.1) is 0 Å². The Balaban J connectivity index is 2.33. The number of aliphatic imine (C=N–C) groups is 1. The number of rotatable bonds is 5. The number of aryl methyl sites for hydroxylation is 1. The van der Waals surface area contributed by atoms with E-state index < -0.39 is 0 Å². The summed E-state index contributed by atoms with van der Waals surface area (Å²) in [4.78, 5) is 4.67. The van der Waals surface area contributed by atoms with Gasteiger partial charge in [0.1, 0.15) is 12.4 Å². The van der Waals surface area contributed by atoms with Crippen molar-refractivity contribution >= 4 is 5.90 Å². The van der Waals surface area contributed by atoms with E-state index in [2.05, 4.69) is 37.9 Å². The Labute approximate surface area is 115 Å². The highest BCUT2D eigenvalue weighted by Gasteiger charge is 2.28. The van der Waals surface area contributed by atoms with Crippen LogP contribution >= 0.6 is 0 Å². The third kappa shape index (κ3) is 3.28. The summed E-state index contributed by atoms with van der Waals surface area (Å²) in [5.74, 6) is 1.67. The molecule has 104 valence electrons. The Morgan fingerprint density at radius 1 is 1.37 bits per heavy atom. The van der Waals surface area contributed by atoms with Crippen LogP contribution in [-0.4, -0.2) is 25.2 Å². The molecule has 1 aliphatic rings. The lowest BCUT2D eigenvalue weighted by molar-refractivity contribution is 0.279. The second kappa shape index (κ2) is 5.64. The molecule has 0 spiro atoms. The van der Waals surface area contributed by atoms with Gasteiger partial charge in [-0.25, -0.2) is 4.99 Å². The second-order valence-electron chi connectivity index (χ2n) is 5.64. The number of unbranched alkanes of at least 4 members (excludes halogenated alkanes) is 1. The molecule has 0 radical (unpaired) electrons. The average Bonchev–Trinajstić information content (AvgIpc) is 2.76. The summed E-state index contributed by atoms with van der Waals surface area (Å²) in [6.07, 6.45) is 3.37. The normalized spacial score (nSPS) is 16.9. The van der Waals surface area contributed by atoms with E-state index in [0.29, 0.717) is 6.61 Å². The Bertz CT molecular complexity index is 478. The number of hydrogen-bond acceptors (Lipinski definition) is 3. The SMILES string of the molecule is CCCCc1cc(OC)ccc1C1=NC(C)(C)CO1. The lowest BCUT2D eigenvalue weighted by atomic mass is 10.0. The fraction of sp³-hybridized carbons (Fsp3) is 0.562. The highest BCUT2D eigenvalue weighted by Crippen LogP contribution is 2.26. The first-order chi connectivity index (χ1) is 9.05. The molecule has 0 saturated carbocycles. The number of methoxy groups -OCH3 is 1. The maximum absolute atomic E-state index is 5.76. The zero-order chi connectivity index (χ0) is 13.9. The third-order valence-electron chi connectivity index (χ3n) is 3.31. The minimum absolute atomic E-state index is 0.114. The topological polar surface area (TPSA) is 30.8 Å². The molecule has 19 heavy (non-hydrogen) atoms. The maximum atomic E-state index is 5.76. The smallest absolute Gasteiger partial charge is 0.217 e. The van der Waals surface area contributed by atoms with Crippen molar-refractivity contribution in [2.45, 2.75) is 45.6 Å². The van der Waals surface area contributed by atoms with Gasteiger partial charge >= 0.3 is 0 Å². The summed E-state index contributed by atoms with van der Waals surface area (Å²) in [6.45, 7) is 7.04. The molecule has 1 heterocycles. The molecule has 0 aliphatic carbocycles. The largest absolute Gasteiger partial charge is 0.497 e. The first kappa shape index (κ1) is 13.9. The van der Waals surface area contributed by atoms with Gasteiger partial charge in [0.15, 0.2) is 0 Å². The molecule has 3 heteroatoms. The van der Waals surface area contributed by atoms with E-state index in [1.165, 1.54) is 12.0 Å². The number of hydrogen-bond donors (Lipinski definition) is 0. The summed E-state index contributed by atoms with van der Waals surface area (Å²) in [7, 11) is 1.70. The summed E-state index contributed by atoms with van der Waals surface area (Å²) >= 11 is 0. The molecule has 0 aromatic heterocycles. The van der Waals surface area contributed by atoms with Crippen LogP contribution in [0.25, 0.3) is 0 Å². The summed E-state index contributed by atoms with van der Waals surface area (Å²) < 4.78 is 11.1. The van der Waals surface area contributed by atoms with Gasteiger partial charge in [-0.2, -0.15) is 0 Å². The zero-order valence-electron chi connectivity index (χ0n) is 12.3. The molecular formula is C16H23NO2. The van der Waals surface area contributed by atoms with Gasteiger partial charge in [0, 0.05) is 5.56 Å². The summed E-state index contributed by atoms with van der Waals surface area (Å²) in [6, 6.07) is 6.13. The molecule has 1 aromatic carbocycles. The molecule has 0 fully saturated rings. The first-order valence-electron chi connectivity index (χ1n) is 6.95. The zero-order valence-corrected chi connectivity index (χ0v) is 12.3. The fourth-order valence-corrected chi connectivity index (χ4v) is 2.20. The van der Waals surface area contributed by atoms with Gasteiger partial charge in [0.05, 0.1) is 12.6 Å². The highest BCUT2D eigenvalue weighted by molar-refractivity contribution is 5.97. The van der Waals surface area contributed by atoms with Gasteiger partial charge in [-0.3, -0.25) is 0 Å². The maximum Gasteiger partial charge on any atom is 0.217 e. The molecule has 1 aliphatic heterocycles. The Kier molecular flexibility index (Phi) is 4.13. The van der Waals surface area contributed by atoms with E-state index in [1.807, 2.05) is 6.07 Å². The highest BCUT2D eigenvalue weighted by atomic mass is 16.5. The van der Waals surface area contributed by atoms with Gasteiger partial charge in [0.25, 0.3) is 0 Å². The van der Waals surface area contributed by atoms with Crippen molar-refractivity contribution in [3.05, 3.63) is 29.3 Å². The van der Waals surface area contributed by atoms with Crippen molar-refractivity contribution in [2.24, 2.45) is 4.99 Å². The molecule has 0 N–H and O–H groups in total. The Morgan fingerprint density at radius 2 is 2.16 bits per heavy atom. The number of nitrogens with zero attached hydrogens (tertiary/aromatic N) is 1. The van der Waals surface area contributed by atoms with Gasteiger partial charge in [-0.15, -0.1) is 0 Å². The quantitative estimate of drug-likeness (QED) is 0.811. The predicted molar refractivity (Wildman–Crippen MR) is 78.2 cm³/mol. The van der Waals surface area contributed by atoms with Crippen LogP contribution in [0.2, 0.25) is 0 Å². The average molecular weight is 261 g/mol. The third-order valence-corrected chi connectivity index (χ3v) is 3.31. The van der Waals surface area contributed by atoms with E-state index in [0.717, 1.165) is 30.1 Å². The standard InChI is InChI=1S/C16H23NO2/c1-5-6-7-12-10-13(18-4)8-9-14(12)15-17-16(2,3)11-19-15/h8-10H,5-7,11H2,1-4H3. The van der Waals surface area contributed by atoms with E-state index >= 15 is 0 Å². The van der Waals surface area contributed by atoms with Crippen molar-refractivity contribution in [3.63, 3.8) is 0 Å². The Morgan fingerprint density at radius 3 is 2.74 bits per heavy atom. The molecule has 2 rings (SSSR count). The van der Waals surface area contributed by atoms with Crippen molar-refractivity contribution < 1.29 is 9.47 Å². The van der Waals surface area contributed by atoms with Crippen LogP contribution in [0.3, 0.4) is 0 Å². The van der Waals surface area contributed by atoms with Gasteiger partial charge in [-0.05, 0) is 50.5 Å². The Hall–Kier alpha value is -1.51. The van der Waals surface area contributed by atoms with E-state index in [1.54, 1.807) is 7.11 Å². The van der Waals surface area contributed by atoms with Crippen molar-refractivity contribution in [1.29, 1.82) is 0 Å². The first-order valence-corrected chi connectivity index (χ1v) is 6.95. The van der Waals surface area contributed by atoms with Crippen LogP contribution in [0.15, 0.2) is 23.2 Å². The van der Waals surface area contributed by atoms with Gasteiger partial charge < -0.3 is 9.47 Å². The van der Waals surface area contributed by atoms with E-state index in [9.17, 15) is 0 Å². The fourth-order valence-electron chi connectivity index (χ4n) is 2.20. The van der Waals surface area contributed by atoms with Crippen LogP contribution in [-0.2, 0) is 11.2 Å². The summed E-state index contributed by atoms with van der Waals surface area (Å²) in [5, 5.41) is 0. The molecule has 0 amide bonds. The van der Waals surface area contributed by atoms with Crippen LogP contribution in [0.5, 0.6) is 5.75 Å². The van der Waals surface area contributed by atoms with Crippen molar-refractivity contribution in [1.82, 2.24) is 0 Å². The second-order valence-corrected chi connectivity index (χ2v) is 5.64. The van der Waals surface area contributed by atoms with Crippen molar-refractivity contribution in [3.8, 4) is 5.75 Å². The number of benzene rings is 1. The number of ether oxygens (including phenoxy) is 2. The molecule has 0 atom stereocenters. The van der Waals surface area contributed by atoms with Gasteiger partial charge in [0.2, 0.25) is 5.90 Å². The molecule has 0 bridgehead atoms. The minimum atomic E-state index is -0.114. The van der Waals surface area contributed by atoms with E-state index in [4.69, 9.17) is 9.47 Å². The predicted octanol–water partition coefficient (Wildman–Crippen LogP) is 3.59. The molecule has 1 aromatic rings. The molecule has 0 saturated heterocycles. The minimum Gasteiger partial charge on any atom is -0.497 e. The summed E-state index contributed by atoms with van der Waals surface area (Å²) in [5.41, 5.74) is 2.26. The van der Waals surface area contributed by atoms with Crippen LogP contribution in [0.4, 0.5) is 0 Å². The van der Waals surface area contributed by atoms with Crippen LogP contribution in [0.1, 0.15) is 44.7 Å².